The fourth-order valence-corrected chi connectivity index (χ4v) is 2.44. The Balaban J connectivity index is 2.10. The summed E-state index contributed by atoms with van der Waals surface area (Å²) in [6.45, 7) is 3.75. The third-order valence-electron chi connectivity index (χ3n) is 3.59. The number of hydrogen-bond donors (Lipinski definition) is 2. The molecule has 0 saturated heterocycles. The number of methoxy groups -OCH3 is 1. The van der Waals surface area contributed by atoms with E-state index < -0.39 is 12.1 Å². The van der Waals surface area contributed by atoms with Crippen LogP contribution in [0.2, 0.25) is 0 Å². The molecular formula is C16H18BrN3O4. The van der Waals surface area contributed by atoms with Gasteiger partial charge in [-0.05, 0) is 54.0 Å². The van der Waals surface area contributed by atoms with Gasteiger partial charge in [-0.3, -0.25) is 4.79 Å². The quantitative estimate of drug-likeness (QED) is 0.780. The van der Waals surface area contributed by atoms with E-state index in [9.17, 15) is 9.59 Å². The topological polar surface area (TPSA) is 93.5 Å². The van der Waals surface area contributed by atoms with Gasteiger partial charge in [-0.15, -0.1) is 0 Å². The lowest BCUT2D eigenvalue weighted by molar-refractivity contribution is -0.148. The fourth-order valence-electron chi connectivity index (χ4n) is 2.19. The second-order valence-electron chi connectivity index (χ2n) is 5.22. The van der Waals surface area contributed by atoms with Crippen molar-refractivity contribution in [3.05, 3.63) is 45.7 Å². The third-order valence-corrected chi connectivity index (χ3v) is 4.73. The Morgan fingerprint density at radius 1 is 1.33 bits per heavy atom. The van der Waals surface area contributed by atoms with E-state index in [0.29, 0.717) is 5.56 Å². The standard InChI is InChI=1S/C16H18BrN3O4/c1-9-14(17)10(2)20(19-9)12-6-4-11(5-7-12)15(21)18-8-13(24-3)16(22)23/h4-7,13H,8H2,1-3H3,(H,18,21)(H,22,23). The molecule has 0 aliphatic rings. The van der Waals surface area contributed by atoms with E-state index in [1.54, 1.807) is 28.9 Å². The SMILES string of the molecule is COC(CNC(=O)c1ccc(-n2nc(C)c(Br)c2C)cc1)C(=O)O. The van der Waals surface area contributed by atoms with Gasteiger partial charge in [0, 0.05) is 12.7 Å². The van der Waals surface area contributed by atoms with Crippen molar-refractivity contribution in [1.29, 1.82) is 0 Å². The van der Waals surface area contributed by atoms with Gasteiger partial charge in [0.05, 0.1) is 28.1 Å². The molecule has 1 aromatic heterocycles. The van der Waals surface area contributed by atoms with E-state index in [0.717, 1.165) is 21.5 Å². The minimum Gasteiger partial charge on any atom is -0.479 e. The van der Waals surface area contributed by atoms with Gasteiger partial charge in [-0.25, -0.2) is 9.48 Å². The first kappa shape index (κ1) is 18.2. The molecule has 1 amide bonds. The number of hydrogen-bond acceptors (Lipinski definition) is 4. The van der Waals surface area contributed by atoms with Crippen LogP contribution >= 0.6 is 15.9 Å². The zero-order valence-corrected chi connectivity index (χ0v) is 15.1. The number of nitrogens with zero attached hydrogens (tertiary/aromatic N) is 2. The zero-order valence-electron chi connectivity index (χ0n) is 13.5. The number of amides is 1. The molecular weight excluding hydrogens is 378 g/mol. The molecule has 7 nitrogen and oxygen atoms in total. The van der Waals surface area contributed by atoms with Crippen LogP contribution in [0, 0.1) is 13.8 Å². The Kier molecular flexibility index (Phi) is 5.74. The maximum atomic E-state index is 12.1. The number of carbonyl (C=O) groups excluding carboxylic acids is 1. The Bertz CT molecular complexity index is 755. The Labute approximate surface area is 147 Å². The molecule has 24 heavy (non-hydrogen) atoms. The summed E-state index contributed by atoms with van der Waals surface area (Å²) in [5, 5.41) is 15.9. The Hall–Kier alpha value is -2.19. The normalized spacial score (nSPS) is 12.0. The second kappa shape index (κ2) is 7.59. The molecule has 2 aromatic rings. The number of aryl methyl sites for hydroxylation is 1. The van der Waals surface area contributed by atoms with E-state index in [-0.39, 0.29) is 12.5 Å². The van der Waals surface area contributed by atoms with Crippen LogP contribution in [0.1, 0.15) is 21.7 Å². The Morgan fingerprint density at radius 2 is 1.96 bits per heavy atom. The molecule has 1 unspecified atom stereocenters. The predicted molar refractivity (Wildman–Crippen MR) is 91.5 cm³/mol. The molecule has 1 atom stereocenters. The lowest BCUT2D eigenvalue weighted by Gasteiger charge is -2.12. The van der Waals surface area contributed by atoms with E-state index >= 15 is 0 Å². The van der Waals surface area contributed by atoms with Crippen LogP contribution in [0.15, 0.2) is 28.7 Å². The monoisotopic (exact) mass is 395 g/mol. The van der Waals surface area contributed by atoms with Crippen molar-refractivity contribution < 1.29 is 19.4 Å². The maximum Gasteiger partial charge on any atom is 0.334 e. The summed E-state index contributed by atoms with van der Waals surface area (Å²) in [6, 6.07) is 6.90. The number of ether oxygens (including phenoxy) is 1. The summed E-state index contributed by atoms with van der Waals surface area (Å²) < 4.78 is 7.50. The van der Waals surface area contributed by atoms with Crippen molar-refractivity contribution >= 4 is 27.8 Å². The highest BCUT2D eigenvalue weighted by molar-refractivity contribution is 9.10. The molecule has 0 radical (unpaired) electrons. The smallest absolute Gasteiger partial charge is 0.334 e. The highest BCUT2D eigenvalue weighted by atomic mass is 79.9. The number of nitrogens with one attached hydrogen (secondary N) is 1. The Morgan fingerprint density at radius 3 is 2.42 bits per heavy atom. The van der Waals surface area contributed by atoms with Gasteiger partial charge in [-0.1, -0.05) is 0 Å². The van der Waals surface area contributed by atoms with Crippen LogP contribution in [0.25, 0.3) is 5.69 Å². The first-order chi connectivity index (χ1) is 11.3. The summed E-state index contributed by atoms with van der Waals surface area (Å²) in [5.74, 6) is -1.48. The molecule has 1 aromatic carbocycles. The van der Waals surface area contributed by atoms with Gasteiger partial charge in [0.1, 0.15) is 0 Å². The summed E-state index contributed by atoms with van der Waals surface area (Å²) in [4.78, 5) is 22.9. The van der Waals surface area contributed by atoms with Crippen LogP contribution < -0.4 is 5.32 Å². The minimum atomic E-state index is -1.12. The number of carbonyl (C=O) groups is 2. The van der Waals surface area contributed by atoms with Crippen LogP contribution in [0.3, 0.4) is 0 Å². The lowest BCUT2D eigenvalue weighted by Crippen LogP contribution is -2.37. The first-order valence-electron chi connectivity index (χ1n) is 7.21. The van der Waals surface area contributed by atoms with Crippen molar-refractivity contribution in [2.24, 2.45) is 0 Å². The molecule has 1 heterocycles. The molecule has 0 bridgehead atoms. The summed E-state index contributed by atoms with van der Waals surface area (Å²) >= 11 is 3.48. The fraction of sp³-hybridized carbons (Fsp3) is 0.312. The molecule has 0 aliphatic heterocycles. The molecule has 2 N–H and O–H groups in total. The first-order valence-corrected chi connectivity index (χ1v) is 8.00. The molecule has 0 saturated carbocycles. The molecule has 2 rings (SSSR count). The molecule has 0 fully saturated rings. The lowest BCUT2D eigenvalue weighted by atomic mass is 10.2. The number of rotatable bonds is 6. The number of benzene rings is 1. The number of carboxylic acid groups (broad SMARTS) is 1. The molecule has 0 spiro atoms. The molecule has 128 valence electrons. The van der Waals surface area contributed by atoms with E-state index in [2.05, 4.69) is 26.3 Å². The summed E-state index contributed by atoms with van der Waals surface area (Å²) in [5.41, 5.74) is 3.11. The number of halogens is 1. The average Bonchev–Trinajstić information content (AvgIpc) is 2.82. The van der Waals surface area contributed by atoms with Crippen molar-refractivity contribution in [2.45, 2.75) is 20.0 Å². The minimum absolute atomic E-state index is 0.100. The van der Waals surface area contributed by atoms with E-state index in [1.807, 2.05) is 13.8 Å². The average molecular weight is 396 g/mol. The van der Waals surface area contributed by atoms with Gasteiger partial charge in [0.2, 0.25) is 0 Å². The van der Waals surface area contributed by atoms with Crippen molar-refractivity contribution in [1.82, 2.24) is 15.1 Å². The highest BCUT2D eigenvalue weighted by Crippen LogP contribution is 2.23. The van der Waals surface area contributed by atoms with Gasteiger partial charge < -0.3 is 15.2 Å². The summed E-state index contributed by atoms with van der Waals surface area (Å²) in [7, 11) is 1.28. The molecule has 8 heteroatoms. The van der Waals surface area contributed by atoms with Crippen LogP contribution in [0.4, 0.5) is 0 Å². The number of aromatic nitrogens is 2. The van der Waals surface area contributed by atoms with Crippen LogP contribution in [-0.4, -0.2) is 46.5 Å². The van der Waals surface area contributed by atoms with Crippen molar-refractivity contribution in [3.8, 4) is 5.69 Å². The number of carboxylic acids is 1. The van der Waals surface area contributed by atoms with Crippen molar-refractivity contribution in [2.75, 3.05) is 13.7 Å². The predicted octanol–water partition coefficient (Wildman–Crippen LogP) is 2.08. The molecule has 0 aliphatic carbocycles. The van der Waals surface area contributed by atoms with Gasteiger partial charge >= 0.3 is 5.97 Å². The van der Waals surface area contributed by atoms with E-state index in [4.69, 9.17) is 9.84 Å². The van der Waals surface area contributed by atoms with Crippen LogP contribution in [0.5, 0.6) is 0 Å². The zero-order chi connectivity index (χ0) is 17.9. The van der Waals surface area contributed by atoms with Gasteiger partial charge in [-0.2, -0.15) is 5.10 Å². The van der Waals surface area contributed by atoms with E-state index in [1.165, 1.54) is 7.11 Å². The summed E-state index contributed by atoms with van der Waals surface area (Å²) in [6.07, 6.45) is -1.07. The van der Waals surface area contributed by atoms with Gasteiger partial charge in [0.25, 0.3) is 5.91 Å². The largest absolute Gasteiger partial charge is 0.479 e. The highest BCUT2D eigenvalue weighted by Gasteiger charge is 2.18. The van der Waals surface area contributed by atoms with Crippen molar-refractivity contribution in [3.63, 3.8) is 0 Å². The number of aliphatic carboxylic acids is 1. The third kappa shape index (κ3) is 3.82. The van der Waals surface area contributed by atoms with Crippen LogP contribution in [-0.2, 0) is 9.53 Å². The second-order valence-corrected chi connectivity index (χ2v) is 6.01. The maximum absolute atomic E-state index is 12.1. The van der Waals surface area contributed by atoms with Gasteiger partial charge in [0.15, 0.2) is 6.10 Å².